The summed E-state index contributed by atoms with van der Waals surface area (Å²) in [6, 6.07) is 3.06. The summed E-state index contributed by atoms with van der Waals surface area (Å²) < 4.78 is 33.6. The summed E-state index contributed by atoms with van der Waals surface area (Å²) in [5, 5.41) is 0. The first-order chi connectivity index (χ1) is 9.06. The molecule has 108 valence electrons. The van der Waals surface area contributed by atoms with Crippen LogP contribution in [0.25, 0.3) is 0 Å². The highest BCUT2D eigenvalue weighted by Gasteiger charge is 2.39. The van der Waals surface area contributed by atoms with Crippen LogP contribution >= 0.6 is 0 Å². The number of nitrogens with one attached hydrogen (secondary N) is 1. The van der Waals surface area contributed by atoms with Crippen LogP contribution in [0, 0.1) is 11.6 Å². The molecule has 0 aromatic heterocycles. The molecule has 0 aliphatic heterocycles. The molecule has 0 heterocycles. The Balaban J connectivity index is 3.31. The number of ether oxygens (including phenoxy) is 1. The zero-order valence-electron chi connectivity index (χ0n) is 11.7. The van der Waals surface area contributed by atoms with Crippen LogP contribution in [-0.2, 0) is 4.74 Å². The summed E-state index contributed by atoms with van der Waals surface area (Å²) in [4.78, 5) is 0. The maximum Gasteiger partial charge on any atom is 0.131 e. The molecule has 0 aliphatic carbocycles. The summed E-state index contributed by atoms with van der Waals surface area (Å²) in [5.41, 5.74) is 1.73. The van der Waals surface area contributed by atoms with Crippen molar-refractivity contribution in [1.29, 1.82) is 0 Å². The molecule has 19 heavy (non-hydrogen) atoms. The van der Waals surface area contributed by atoms with Crippen molar-refractivity contribution in [3.05, 3.63) is 35.4 Å². The van der Waals surface area contributed by atoms with Gasteiger partial charge in [-0.3, -0.25) is 5.84 Å². The standard InChI is InChI=1S/C14H22F2N2O/c1-4-14(5-2,19-6-3)13(18-17)12-10(15)8-7-9-11(12)16/h7-9,13,18H,4-6,17H2,1-3H3. The number of benzene rings is 1. The predicted octanol–water partition coefficient (Wildman–Crippen LogP) is 3.06. The van der Waals surface area contributed by atoms with Crippen LogP contribution in [0.15, 0.2) is 18.2 Å². The van der Waals surface area contributed by atoms with E-state index in [0.717, 1.165) is 0 Å². The van der Waals surface area contributed by atoms with E-state index in [4.69, 9.17) is 10.6 Å². The highest BCUT2D eigenvalue weighted by Crippen LogP contribution is 2.37. The second-order valence-electron chi connectivity index (χ2n) is 4.44. The predicted molar refractivity (Wildman–Crippen MR) is 71.4 cm³/mol. The number of halogens is 2. The molecule has 0 saturated heterocycles. The molecule has 0 bridgehead atoms. The van der Waals surface area contributed by atoms with Crippen molar-refractivity contribution in [2.45, 2.75) is 45.3 Å². The van der Waals surface area contributed by atoms with Crippen LogP contribution in [0.1, 0.15) is 45.2 Å². The normalized spacial score (nSPS) is 13.6. The lowest BCUT2D eigenvalue weighted by Crippen LogP contribution is -2.48. The molecule has 1 rings (SSSR count). The second-order valence-corrected chi connectivity index (χ2v) is 4.44. The van der Waals surface area contributed by atoms with E-state index in [1.165, 1.54) is 18.2 Å². The van der Waals surface area contributed by atoms with Crippen LogP contribution in [0.5, 0.6) is 0 Å². The Hall–Kier alpha value is -1.04. The third-order valence-corrected chi connectivity index (χ3v) is 3.61. The number of rotatable bonds is 7. The smallest absolute Gasteiger partial charge is 0.131 e. The summed E-state index contributed by atoms with van der Waals surface area (Å²) in [6.07, 6.45) is 1.19. The summed E-state index contributed by atoms with van der Waals surface area (Å²) >= 11 is 0. The molecule has 3 N–H and O–H groups in total. The van der Waals surface area contributed by atoms with Gasteiger partial charge in [-0.05, 0) is 31.9 Å². The number of nitrogens with two attached hydrogens (primary N) is 1. The van der Waals surface area contributed by atoms with Gasteiger partial charge in [-0.25, -0.2) is 14.2 Å². The van der Waals surface area contributed by atoms with Crippen molar-refractivity contribution in [2.24, 2.45) is 5.84 Å². The van der Waals surface area contributed by atoms with Crippen LogP contribution < -0.4 is 11.3 Å². The monoisotopic (exact) mass is 272 g/mol. The van der Waals surface area contributed by atoms with Crippen molar-refractivity contribution in [2.75, 3.05) is 6.61 Å². The van der Waals surface area contributed by atoms with Gasteiger partial charge in [0.2, 0.25) is 0 Å². The quantitative estimate of drug-likeness (QED) is 0.592. The minimum absolute atomic E-state index is 0.0675. The van der Waals surface area contributed by atoms with Gasteiger partial charge in [0.05, 0.1) is 11.6 Å². The number of hydrazine groups is 1. The molecule has 0 saturated carbocycles. The topological polar surface area (TPSA) is 47.3 Å². The fourth-order valence-corrected chi connectivity index (χ4v) is 2.52. The van der Waals surface area contributed by atoms with E-state index in [2.05, 4.69) is 5.43 Å². The van der Waals surface area contributed by atoms with E-state index in [9.17, 15) is 8.78 Å². The van der Waals surface area contributed by atoms with Crippen molar-refractivity contribution >= 4 is 0 Å². The van der Waals surface area contributed by atoms with Crippen molar-refractivity contribution in [3.63, 3.8) is 0 Å². The maximum absolute atomic E-state index is 13.9. The van der Waals surface area contributed by atoms with E-state index in [-0.39, 0.29) is 5.56 Å². The SMILES string of the molecule is CCOC(CC)(CC)C(NN)c1c(F)cccc1F. The van der Waals surface area contributed by atoms with Gasteiger partial charge in [-0.1, -0.05) is 19.9 Å². The lowest BCUT2D eigenvalue weighted by atomic mass is 9.83. The minimum atomic E-state index is -0.733. The van der Waals surface area contributed by atoms with Gasteiger partial charge in [-0.15, -0.1) is 0 Å². The zero-order valence-corrected chi connectivity index (χ0v) is 11.7. The first-order valence-electron chi connectivity index (χ1n) is 6.60. The molecule has 1 aromatic carbocycles. The third-order valence-electron chi connectivity index (χ3n) is 3.61. The van der Waals surface area contributed by atoms with Gasteiger partial charge in [0, 0.05) is 12.2 Å². The van der Waals surface area contributed by atoms with Crippen LogP contribution in [-0.4, -0.2) is 12.2 Å². The van der Waals surface area contributed by atoms with E-state index in [1.807, 2.05) is 20.8 Å². The van der Waals surface area contributed by atoms with Crippen molar-refractivity contribution < 1.29 is 13.5 Å². The van der Waals surface area contributed by atoms with Gasteiger partial charge < -0.3 is 4.74 Å². The second kappa shape index (κ2) is 6.93. The Kier molecular flexibility index (Phi) is 5.85. The Labute approximate surface area is 113 Å². The third kappa shape index (κ3) is 3.11. The molecule has 0 amide bonds. The Morgan fingerprint density at radius 1 is 1.21 bits per heavy atom. The fraction of sp³-hybridized carbons (Fsp3) is 0.571. The molecular formula is C14H22F2N2O. The maximum atomic E-state index is 13.9. The molecule has 1 unspecified atom stereocenters. The van der Waals surface area contributed by atoms with Gasteiger partial charge in [0.1, 0.15) is 11.6 Å². The molecule has 1 aromatic rings. The molecule has 0 radical (unpaired) electrons. The Morgan fingerprint density at radius 3 is 2.11 bits per heavy atom. The zero-order chi connectivity index (χ0) is 14.5. The van der Waals surface area contributed by atoms with Gasteiger partial charge >= 0.3 is 0 Å². The summed E-state index contributed by atoms with van der Waals surface area (Å²) in [7, 11) is 0. The average Bonchev–Trinajstić information content (AvgIpc) is 2.41. The van der Waals surface area contributed by atoms with Crippen molar-refractivity contribution in [1.82, 2.24) is 5.43 Å². The first-order valence-corrected chi connectivity index (χ1v) is 6.60. The summed E-state index contributed by atoms with van der Waals surface area (Å²) in [5.74, 6) is 4.31. The lowest BCUT2D eigenvalue weighted by Gasteiger charge is -2.39. The van der Waals surface area contributed by atoms with Gasteiger partial charge in [-0.2, -0.15) is 0 Å². The highest BCUT2D eigenvalue weighted by atomic mass is 19.1. The first kappa shape index (κ1) is 16.0. The van der Waals surface area contributed by atoms with E-state index >= 15 is 0 Å². The lowest BCUT2D eigenvalue weighted by molar-refractivity contribution is -0.0748. The summed E-state index contributed by atoms with van der Waals surface area (Å²) in [6.45, 7) is 6.14. The Morgan fingerprint density at radius 2 is 1.74 bits per heavy atom. The molecule has 0 fully saturated rings. The van der Waals surface area contributed by atoms with Crippen LogP contribution in [0.3, 0.4) is 0 Å². The molecule has 0 spiro atoms. The fourth-order valence-electron chi connectivity index (χ4n) is 2.52. The molecule has 1 atom stereocenters. The largest absolute Gasteiger partial charge is 0.373 e. The van der Waals surface area contributed by atoms with Crippen LogP contribution in [0.2, 0.25) is 0 Å². The molecular weight excluding hydrogens is 250 g/mol. The molecule has 5 heteroatoms. The van der Waals surface area contributed by atoms with Gasteiger partial charge in [0.15, 0.2) is 0 Å². The number of hydrogen-bond acceptors (Lipinski definition) is 3. The van der Waals surface area contributed by atoms with Gasteiger partial charge in [0.25, 0.3) is 0 Å². The minimum Gasteiger partial charge on any atom is -0.373 e. The van der Waals surface area contributed by atoms with Crippen LogP contribution in [0.4, 0.5) is 8.78 Å². The number of hydrogen-bond donors (Lipinski definition) is 2. The average molecular weight is 272 g/mol. The molecule has 0 aliphatic rings. The van der Waals surface area contributed by atoms with E-state index in [1.54, 1.807) is 0 Å². The van der Waals surface area contributed by atoms with Crippen molar-refractivity contribution in [3.8, 4) is 0 Å². The Bertz CT molecular complexity index is 388. The highest BCUT2D eigenvalue weighted by molar-refractivity contribution is 5.26. The molecule has 3 nitrogen and oxygen atoms in total. The van der Waals surface area contributed by atoms with E-state index in [0.29, 0.717) is 19.4 Å². The van der Waals surface area contributed by atoms with E-state index < -0.39 is 23.3 Å².